The van der Waals surface area contributed by atoms with Gasteiger partial charge in [-0.2, -0.15) is 0 Å². The van der Waals surface area contributed by atoms with Gasteiger partial charge in [0.05, 0.1) is 12.1 Å². The number of pyridine rings is 1. The highest BCUT2D eigenvalue weighted by atomic mass is 35.5. The fourth-order valence-electron chi connectivity index (χ4n) is 2.92. The third-order valence-corrected chi connectivity index (χ3v) is 4.11. The molecule has 0 saturated carbocycles. The molecule has 0 radical (unpaired) electrons. The molecule has 0 aliphatic heterocycles. The number of hydrogen-bond acceptors (Lipinski definition) is 3. The summed E-state index contributed by atoms with van der Waals surface area (Å²) >= 11 is 6.16. The van der Waals surface area contributed by atoms with E-state index in [4.69, 9.17) is 21.3 Å². The molecule has 4 heteroatoms. The summed E-state index contributed by atoms with van der Waals surface area (Å²) in [5.74, 6) is 0. The van der Waals surface area contributed by atoms with E-state index >= 15 is 0 Å². The molecule has 0 spiro atoms. The summed E-state index contributed by atoms with van der Waals surface area (Å²) < 4.78 is 5.08. The third kappa shape index (κ3) is 2.66. The lowest BCUT2D eigenvalue weighted by atomic mass is 10.0. The Labute approximate surface area is 124 Å². The van der Waals surface area contributed by atoms with Gasteiger partial charge in [-0.3, -0.25) is 4.98 Å². The van der Waals surface area contributed by atoms with Crippen LogP contribution in [0.1, 0.15) is 23.2 Å². The van der Waals surface area contributed by atoms with Gasteiger partial charge in [-0.15, -0.1) is 0 Å². The predicted molar refractivity (Wildman–Crippen MR) is 82.4 cm³/mol. The zero-order valence-electron chi connectivity index (χ0n) is 11.7. The van der Waals surface area contributed by atoms with Gasteiger partial charge in [0.2, 0.25) is 0 Å². The van der Waals surface area contributed by atoms with Crippen LogP contribution in [0, 0.1) is 0 Å². The van der Waals surface area contributed by atoms with Gasteiger partial charge in [0.25, 0.3) is 0 Å². The first-order valence-corrected chi connectivity index (χ1v) is 7.47. The quantitative estimate of drug-likeness (QED) is 0.859. The Balaban J connectivity index is 2.00. The first-order valence-electron chi connectivity index (χ1n) is 7.09. The topological polar surface area (TPSA) is 34.1 Å². The number of fused-ring (bicyclic) bond motifs is 2. The van der Waals surface area contributed by atoms with Gasteiger partial charge in [-0.1, -0.05) is 11.6 Å². The van der Waals surface area contributed by atoms with E-state index in [0.29, 0.717) is 0 Å². The molecule has 1 aromatic carbocycles. The van der Waals surface area contributed by atoms with Gasteiger partial charge in [0.15, 0.2) is 0 Å². The average Bonchev–Trinajstić information content (AvgIpc) is 2.91. The summed E-state index contributed by atoms with van der Waals surface area (Å²) in [6.45, 7) is 2.44. The van der Waals surface area contributed by atoms with Crippen molar-refractivity contribution in [1.29, 1.82) is 0 Å². The fourth-order valence-corrected chi connectivity index (χ4v) is 3.09. The highest BCUT2D eigenvalue weighted by molar-refractivity contribution is 6.31. The molecule has 1 aromatic heterocycles. The second-order valence-corrected chi connectivity index (χ2v) is 5.64. The van der Waals surface area contributed by atoms with Gasteiger partial charge in [0.1, 0.15) is 0 Å². The van der Waals surface area contributed by atoms with Crippen LogP contribution in [0.15, 0.2) is 18.2 Å². The van der Waals surface area contributed by atoms with Crippen molar-refractivity contribution in [2.75, 3.05) is 20.3 Å². The maximum absolute atomic E-state index is 6.16. The van der Waals surface area contributed by atoms with Crippen LogP contribution in [0.3, 0.4) is 0 Å². The van der Waals surface area contributed by atoms with E-state index in [1.165, 1.54) is 28.6 Å². The largest absolute Gasteiger partial charge is 0.383 e. The van der Waals surface area contributed by atoms with Crippen LogP contribution in [-0.2, 0) is 24.1 Å². The molecule has 3 rings (SSSR count). The molecule has 106 valence electrons. The first kappa shape index (κ1) is 13.8. The van der Waals surface area contributed by atoms with Crippen molar-refractivity contribution < 1.29 is 4.74 Å². The van der Waals surface area contributed by atoms with E-state index in [0.717, 1.165) is 43.1 Å². The van der Waals surface area contributed by atoms with Crippen LogP contribution in [0.4, 0.5) is 0 Å². The Kier molecular flexibility index (Phi) is 4.20. The van der Waals surface area contributed by atoms with Crippen molar-refractivity contribution in [2.45, 2.75) is 25.8 Å². The van der Waals surface area contributed by atoms with E-state index in [1.54, 1.807) is 7.11 Å². The zero-order chi connectivity index (χ0) is 13.9. The predicted octanol–water partition coefficient (Wildman–Crippen LogP) is 3.11. The number of nitrogens with one attached hydrogen (secondary N) is 1. The number of benzene rings is 1. The van der Waals surface area contributed by atoms with Crippen LogP contribution in [-0.4, -0.2) is 25.2 Å². The Hall–Kier alpha value is -1.16. The average molecular weight is 291 g/mol. The number of rotatable bonds is 5. The second-order valence-electron chi connectivity index (χ2n) is 5.20. The normalized spacial score (nSPS) is 13.9. The maximum Gasteiger partial charge on any atom is 0.0709 e. The van der Waals surface area contributed by atoms with Crippen LogP contribution < -0.4 is 5.32 Å². The Morgan fingerprint density at radius 3 is 3.10 bits per heavy atom. The molecule has 3 nitrogen and oxygen atoms in total. The minimum atomic E-state index is 0.728. The lowest BCUT2D eigenvalue weighted by Crippen LogP contribution is -2.19. The molecule has 0 amide bonds. The fraction of sp³-hybridized carbons (Fsp3) is 0.438. The van der Waals surface area contributed by atoms with Gasteiger partial charge >= 0.3 is 0 Å². The molecule has 0 unspecified atom stereocenters. The van der Waals surface area contributed by atoms with Gasteiger partial charge < -0.3 is 10.1 Å². The molecule has 0 bridgehead atoms. The summed E-state index contributed by atoms with van der Waals surface area (Å²) in [4.78, 5) is 4.79. The van der Waals surface area contributed by atoms with E-state index in [-0.39, 0.29) is 0 Å². The molecule has 0 atom stereocenters. The van der Waals surface area contributed by atoms with E-state index in [2.05, 4.69) is 5.32 Å². The first-order chi connectivity index (χ1) is 9.79. The van der Waals surface area contributed by atoms with Gasteiger partial charge in [-0.25, -0.2) is 0 Å². The SMILES string of the molecule is COCCNCc1c2c(nc3ccc(Cl)cc13)CCC2. The number of aromatic nitrogens is 1. The molecular formula is C16H19ClN2O. The zero-order valence-corrected chi connectivity index (χ0v) is 12.5. The number of hydrogen-bond donors (Lipinski definition) is 1. The highest BCUT2D eigenvalue weighted by Gasteiger charge is 2.19. The summed E-state index contributed by atoms with van der Waals surface area (Å²) in [6, 6.07) is 5.98. The smallest absolute Gasteiger partial charge is 0.0709 e. The Bertz CT molecular complexity index is 627. The minimum absolute atomic E-state index is 0.728. The third-order valence-electron chi connectivity index (χ3n) is 3.88. The van der Waals surface area contributed by atoms with Crippen LogP contribution >= 0.6 is 11.6 Å². The van der Waals surface area contributed by atoms with Crippen molar-refractivity contribution in [3.63, 3.8) is 0 Å². The number of nitrogens with zero attached hydrogens (tertiary/aromatic N) is 1. The Morgan fingerprint density at radius 2 is 2.25 bits per heavy atom. The molecule has 0 saturated heterocycles. The van der Waals surface area contributed by atoms with Crippen molar-refractivity contribution >= 4 is 22.5 Å². The minimum Gasteiger partial charge on any atom is -0.383 e. The van der Waals surface area contributed by atoms with Crippen LogP contribution in [0.25, 0.3) is 10.9 Å². The lowest BCUT2D eigenvalue weighted by Gasteiger charge is -2.13. The monoisotopic (exact) mass is 290 g/mol. The number of ether oxygens (including phenoxy) is 1. The molecule has 1 aliphatic carbocycles. The van der Waals surface area contributed by atoms with Crippen molar-refractivity contribution in [3.8, 4) is 0 Å². The molecule has 1 aliphatic rings. The molecular weight excluding hydrogens is 272 g/mol. The lowest BCUT2D eigenvalue weighted by molar-refractivity contribution is 0.199. The van der Waals surface area contributed by atoms with Crippen molar-refractivity contribution in [2.24, 2.45) is 0 Å². The van der Waals surface area contributed by atoms with Gasteiger partial charge in [0, 0.05) is 36.3 Å². The molecule has 1 N–H and O–H groups in total. The molecule has 2 aromatic rings. The number of methoxy groups -OCH3 is 1. The van der Waals surface area contributed by atoms with Crippen LogP contribution in [0.5, 0.6) is 0 Å². The summed E-state index contributed by atoms with van der Waals surface area (Å²) in [5.41, 5.74) is 5.10. The van der Waals surface area contributed by atoms with E-state index < -0.39 is 0 Å². The molecule has 1 heterocycles. The number of halogens is 1. The van der Waals surface area contributed by atoms with E-state index in [9.17, 15) is 0 Å². The molecule has 0 fully saturated rings. The van der Waals surface area contributed by atoms with Crippen molar-refractivity contribution in [3.05, 3.63) is 40.0 Å². The molecule has 20 heavy (non-hydrogen) atoms. The Morgan fingerprint density at radius 1 is 1.35 bits per heavy atom. The van der Waals surface area contributed by atoms with Gasteiger partial charge in [-0.05, 0) is 48.6 Å². The van der Waals surface area contributed by atoms with E-state index in [1.807, 2.05) is 18.2 Å². The second kappa shape index (κ2) is 6.08. The van der Waals surface area contributed by atoms with Crippen molar-refractivity contribution in [1.82, 2.24) is 10.3 Å². The summed E-state index contributed by atoms with van der Waals surface area (Å²) in [6.07, 6.45) is 3.43. The summed E-state index contributed by atoms with van der Waals surface area (Å²) in [7, 11) is 1.72. The standard InChI is InChI=1S/C16H19ClN2O/c1-20-8-7-18-10-14-12-3-2-4-15(12)19-16-6-5-11(17)9-13(14)16/h5-6,9,18H,2-4,7-8,10H2,1H3. The van der Waals surface area contributed by atoms with Crippen LogP contribution in [0.2, 0.25) is 5.02 Å². The highest BCUT2D eigenvalue weighted by Crippen LogP contribution is 2.31. The maximum atomic E-state index is 6.16. The summed E-state index contributed by atoms with van der Waals surface area (Å²) in [5, 5.41) is 5.40. The number of aryl methyl sites for hydroxylation is 1.